The molecule has 3 heterocycles. The summed E-state index contributed by atoms with van der Waals surface area (Å²) in [4.78, 5) is 15.4. The molecule has 158 valence electrons. The van der Waals surface area contributed by atoms with E-state index in [0.29, 0.717) is 23.9 Å². The van der Waals surface area contributed by atoms with Gasteiger partial charge in [-0.2, -0.15) is 11.3 Å². The van der Waals surface area contributed by atoms with Gasteiger partial charge in [0.2, 0.25) is 0 Å². The molecule has 1 aliphatic heterocycles. The molecule has 0 spiro atoms. The van der Waals surface area contributed by atoms with Crippen molar-refractivity contribution in [3.8, 4) is 11.1 Å². The monoisotopic (exact) mass is 450 g/mol. The van der Waals surface area contributed by atoms with E-state index in [1.807, 2.05) is 59.4 Å². The molecule has 2 atom stereocenters. The third kappa shape index (κ3) is 3.58. The lowest BCUT2D eigenvalue weighted by Crippen LogP contribution is -2.26. The number of carbonyl (C=O) groups is 1. The van der Waals surface area contributed by atoms with Gasteiger partial charge in [-0.1, -0.05) is 30.3 Å². The second kappa shape index (κ2) is 7.66. The summed E-state index contributed by atoms with van der Waals surface area (Å²) in [5.41, 5.74) is 10.7. The molecular formula is C24H22N2O3S2. The number of aromatic amines is 1. The first-order valence-corrected chi connectivity index (χ1v) is 12.8. The number of amides is 1. The molecule has 5 rings (SSSR count). The lowest BCUT2D eigenvalue weighted by atomic mass is 9.88. The van der Waals surface area contributed by atoms with Gasteiger partial charge in [0, 0.05) is 11.6 Å². The van der Waals surface area contributed by atoms with Gasteiger partial charge in [-0.15, -0.1) is 0 Å². The van der Waals surface area contributed by atoms with E-state index in [9.17, 15) is 13.2 Å². The van der Waals surface area contributed by atoms with Crippen LogP contribution in [0.5, 0.6) is 0 Å². The van der Waals surface area contributed by atoms with Gasteiger partial charge in [0.05, 0.1) is 22.1 Å². The second-order valence-corrected chi connectivity index (χ2v) is 11.1. The number of benzene rings is 2. The third-order valence-electron chi connectivity index (χ3n) is 6.24. The van der Waals surface area contributed by atoms with Crippen molar-refractivity contribution >= 4 is 38.0 Å². The van der Waals surface area contributed by atoms with Crippen molar-refractivity contribution in [2.24, 2.45) is 5.73 Å². The first-order chi connectivity index (χ1) is 14.9. The molecule has 0 bridgehead atoms. The Morgan fingerprint density at radius 3 is 2.61 bits per heavy atom. The van der Waals surface area contributed by atoms with Gasteiger partial charge in [0.25, 0.3) is 5.91 Å². The summed E-state index contributed by atoms with van der Waals surface area (Å²) in [6.45, 7) is 0. The maximum Gasteiger partial charge on any atom is 0.250 e. The second-order valence-electron chi connectivity index (χ2n) is 8.05. The number of fused-ring (bicyclic) bond motifs is 1. The zero-order valence-electron chi connectivity index (χ0n) is 16.7. The van der Waals surface area contributed by atoms with Crippen molar-refractivity contribution in [2.45, 2.75) is 24.0 Å². The normalized spacial score (nSPS) is 20.6. The maximum absolute atomic E-state index is 12.8. The molecule has 7 heteroatoms. The highest BCUT2D eigenvalue weighted by Gasteiger charge is 2.36. The molecule has 4 aromatic rings. The molecule has 2 aromatic heterocycles. The largest absolute Gasteiger partial charge is 0.366 e. The van der Waals surface area contributed by atoms with Crippen LogP contribution in [0, 0.1) is 0 Å². The minimum absolute atomic E-state index is 0.0703. The van der Waals surface area contributed by atoms with Crippen molar-refractivity contribution in [3.63, 3.8) is 0 Å². The summed E-state index contributed by atoms with van der Waals surface area (Å²) in [5.74, 6) is -0.263. The smallest absolute Gasteiger partial charge is 0.250 e. The minimum atomic E-state index is -3.20. The minimum Gasteiger partial charge on any atom is -0.366 e. The number of nitrogens with one attached hydrogen (secondary N) is 1. The molecule has 1 amide bonds. The first kappa shape index (κ1) is 20.0. The van der Waals surface area contributed by atoms with E-state index in [1.165, 1.54) is 0 Å². The van der Waals surface area contributed by atoms with Gasteiger partial charge in [-0.25, -0.2) is 8.42 Å². The van der Waals surface area contributed by atoms with Crippen molar-refractivity contribution in [2.75, 3.05) is 5.75 Å². The average Bonchev–Trinajstić information content (AvgIpc) is 3.44. The van der Waals surface area contributed by atoms with Gasteiger partial charge in [0.1, 0.15) is 0 Å². The summed E-state index contributed by atoms with van der Waals surface area (Å²) in [6, 6.07) is 15.4. The van der Waals surface area contributed by atoms with Crippen LogP contribution in [0.4, 0.5) is 0 Å². The van der Waals surface area contributed by atoms with Gasteiger partial charge < -0.3 is 10.7 Å². The van der Waals surface area contributed by atoms with Crippen LogP contribution < -0.4 is 5.73 Å². The van der Waals surface area contributed by atoms with Crippen LogP contribution in [0.15, 0.2) is 65.5 Å². The zero-order chi connectivity index (χ0) is 21.6. The molecule has 0 radical (unpaired) electrons. The number of nitrogens with two attached hydrogens (primary N) is 1. The standard InChI is InChI=1S/C24H22N2O3S2/c25-24(27)20-11-18(17-6-8-30-14-17)10-19-21(13-26-23(19)20)16-7-9-31(28,29)22(12-16)15-4-2-1-3-5-15/h1-6,8,10-11,13-14,16,22,26H,7,9,12H2,(H2,25,27)/t16-,22+/m1/s1. The Morgan fingerprint density at radius 2 is 1.90 bits per heavy atom. The Labute approximate surface area is 184 Å². The summed E-state index contributed by atoms with van der Waals surface area (Å²) in [6.07, 6.45) is 3.00. The molecule has 0 unspecified atom stereocenters. The lowest BCUT2D eigenvalue weighted by molar-refractivity contribution is 0.100. The summed E-state index contributed by atoms with van der Waals surface area (Å²) >= 11 is 1.60. The van der Waals surface area contributed by atoms with Crippen LogP contribution in [-0.2, 0) is 9.84 Å². The Bertz CT molecular complexity index is 1360. The Morgan fingerprint density at radius 1 is 1.10 bits per heavy atom. The fourth-order valence-electron chi connectivity index (χ4n) is 4.65. The van der Waals surface area contributed by atoms with Crippen LogP contribution in [-0.4, -0.2) is 25.1 Å². The Hall–Kier alpha value is -2.90. The zero-order valence-corrected chi connectivity index (χ0v) is 18.4. The SMILES string of the molecule is NC(=O)c1cc(-c2ccsc2)cc2c([C@@H]3CCS(=O)(=O)[C@H](c4ccccc4)C3)c[nH]c12. The van der Waals surface area contributed by atoms with Gasteiger partial charge in [-0.3, -0.25) is 4.79 Å². The molecule has 2 aromatic carbocycles. The van der Waals surface area contributed by atoms with Crippen molar-refractivity contribution < 1.29 is 13.2 Å². The number of H-pyrrole nitrogens is 1. The number of carbonyl (C=O) groups excluding carboxylic acids is 1. The third-order valence-corrected chi connectivity index (χ3v) is 9.06. The van der Waals surface area contributed by atoms with Crippen LogP contribution in [0.1, 0.15) is 45.5 Å². The van der Waals surface area contributed by atoms with Crippen molar-refractivity contribution in [1.29, 1.82) is 0 Å². The van der Waals surface area contributed by atoms with E-state index in [1.54, 1.807) is 11.3 Å². The van der Waals surface area contributed by atoms with E-state index >= 15 is 0 Å². The van der Waals surface area contributed by atoms with Crippen molar-refractivity contribution in [1.82, 2.24) is 4.98 Å². The van der Waals surface area contributed by atoms with E-state index in [4.69, 9.17) is 5.73 Å². The highest BCUT2D eigenvalue weighted by atomic mass is 32.2. The van der Waals surface area contributed by atoms with Crippen LogP contribution in [0.3, 0.4) is 0 Å². The fourth-order valence-corrected chi connectivity index (χ4v) is 7.31. The van der Waals surface area contributed by atoms with Gasteiger partial charge in [-0.05, 0) is 70.0 Å². The number of thiophene rings is 1. The predicted molar refractivity (Wildman–Crippen MR) is 125 cm³/mol. The molecule has 0 saturated carbocycles. The molecular weight excluding hydrogens is 428 g/mol. The van der Waals surface area contributed by atoms with Crippen LogP contribution >= 0.6 is 11.3 Å². The topological polar surface area (TPSA) is 93.0 Å². The molecule has 31 heavy (non-hydrogen) atoms. The molecule has 1 aliphatic rings. The highest BCUT2D eigenvalue weighted by molar-refractivity contribution is 7.91. The summed E-state index contributed by atoms with van der Waals surface area (Å²) in [7, 11) is -3.20. The lowest BCUT2D eigenvalue weighted by Gasteiger charge is -2.29. The molecule has 1 fully saturated rings. The van der Waals surface area contributed by atoms with E-state index < -0.39 is 21.0 Å². The number of primary amides is 1. The number of hydrogen-bond donors (Lipinski definition) is 2. The van der Waals surface area contributed by atoms with Crippen LogP contribution in [0.25, 0.3) is 22.0 Å². The highest BCUT2D eigenvalue weighted by Crippen LogP contribution is 2.44. The van der Waals surface area contributed by atoms with E-state index in [-0.39, 0.29) is 11.7 Å². The predicted octanol–water partition coefficient (Wildman–Crippen LogP) is 5.03. The number of rotatable bonds is 4. The Kier molecular flexibility index (Phi) is 4.95. The van der Waals surface area contributed by atoms with E-state index in [2.05, 4.69) is 11.1 Å². The van der Waals surface area contributed by atoms with E-state index in [0.717, 1.165) is 27.6 Å². The fraction of sp³-hybridized carbons (Fsp3) is 0.208. The molecule has 0 aliphatic carbocycles. The number of hydrogen-bond acceptors (Lipinski definition) is 4. The quantitative estimate of drug-likeness (QED) is 0.457. The van der Waals surface area contributed by atoms with Crippen LogP contribution in [0.2, 0.25) is 0 Å². The Balaban J connectivity index is 1.61. The van der Waals surface area contributed by atoms with Gasteiger partial charge in [0.15, 0.2) is 9.84 Å². The van der Waals surface area contributed by atoms with Crippen molar-refractivity contribution in [3.05, 3.63) is 82.2 Å². The number of aromatic nitrogens is 1. The summed E-state index contributed by atoms with van der Waals surface area (Å²) in [5, 5.41) is 4.45. The average molecular weight is 451 g/mol. The maximum atomic E-state index is 12.8. The first-order valence-electron chi connectivity index (χ1n) is 10.2. The number of sulfone groups is 1. The summed E-state index contributed by atoms with van der Waals surface area (Å²) < 4.78 is 25.7. The molecule has 3 N–H and O–H groups in total. The van der Waals surface area contributed by atoms with Gasteiger partial charge >= 0.3 is 0 Å². The molecule has 1 saturated heterocycles. The molecule has 5 nitrogen and oxygen atoms in total.